The number of likely N-dealkylation sites (tertiary alicyclic amines) is 2. The molecular weight excluding hydrogens is 330 g/mol. The highest BCUT2D eigenvalue weighted by Crippen LogP contribution is 2.40. The quantitative estimate of drug-likeness (QED) is 0.910. The fourth-order valence-corrected chi connectivity index (χ4v) is 4.57. The van der Waals surface area contributed by atoms with Crippen LogP contribution in [0.1, 0.15) is 29.6 Å². The largest absolute Gasteiger partial charge is 0.395 e. The van der Waals surface area contributed by atoms with E-state index in [9.17, 15) is 14.7 Å². The van der Waals surface area contributed by atoms with Gasteiger partial charge >= 0.3 is 0 Å². The molecule has 1 atom stereocenters. The van der Waals surface area contributed by atoms with Gasteiger partial charge in [-0.05, 0) is 37.5 Å². The number of aliphatic hydroxyl groups excluding tert-OH is 1. The molecule has 1 aromatic heterocycles. The maximum absolute atomic E-state index is 13.2. The number of hydrogen-bond donors (Lipinski definition) is 1. The van der Waals surface area contributed by atoms with Gasteiger partial charge in [-0.3, -0.25) is 9.59 Å². The number of carbonyl (C=O) groups is 2. The highest BCUT2D eigenvalue weighted by molar-refractivity contribution is 6.07. The first-order valence-corrected chi connectivity index (χ1v) is 9.29. The lowest BCUT2D eigenvalue weighted by molar-refractivity contribution is -0.146. The van der Waals surface area contributed by atoms with Crippen LogP contribution in [-0.4, -0.2) is 64.1 Å². The second-order valence-electron chi connectivity index (χ2n) is 7.54. The Bertz CT molecular complexity index is 857. The van der Waals surface area contributed by atoms with Crippen molar-refractivity contribution in [2.75, 3.05) is 32.8 Å². The Balaban J connectivity index is 1.58. The molecule has 0 saturated carbocycles. The summed E-state index contributed by atoms with van der Waals surface area (Å²) in [6.07, 6.45) is 4.43. The van der Waals surface area contributed by atoms with E-state index in [2.05, 4.69) is 0 Å². The molecule has 1 N–H and O–H groups in total. The zero-order valence-corrected chi connectivity index (χ0v) is 15.1. The first kappa shape index (κ1) is 17.1. The number of β-amino-alcohol motifs (C(OH)–C–C–N with tert-alkyl or cyclic N) is 1. The van der Waals surface area contributed by atoms with Crippen molar-refractivity contribution >= 4 is 22.7 Å². The summed E-state index contributed by atoms with van der Waals surface area (Å²) >= 11 is 0. The van der Waals surface area contributed by atoms with Crippen LogP contribution in [0.3, 0.4) is 0 Å². The van der Waals surface area contributed by atoms with Gasteiger partial charge in [0.25, 0.3) is 5.91 Å². The smallest absolute Gasteiger partial charge is 0.254 e. The van der Waals surface area contributed by atoms with E-state index < -0.39 is 5.41 Å². The molecule has 0 radical (unpaired) electrons. The molecular formula is C20H25N3O3. The van der Waals surface area contributed by atoms with Crippen molar-refractivity contribution in [3.63, 3.8) is 0 Å². The van der Waals surface area contributed by atoms with E-state index in [4.69, 9.17) is 0 Å². The van der Waals surface area contributed by atoms with Gasteiger partial charge in [-0.1, -0.05) is 6.07 Å². The number of aryl methyl sites for hydroxylation is 1. The summed E-state index contributed by atoms with van der Waals surface area (Å²) in [6, 6.07) is 7.77. The SMILES string of the molecule is Cn1ccc2c(C(=O)N3CC[C@]4(CCCN(CCO)C4=O)C3)cccc21. The first-order valence-electron chi connectivity index (χ1n) is 9.29. The van der Waals surface area contributed by atoms with Gasteiger partial charge in [-0.15, -0.1) is 0 Å². The number of amides is 2. The summed E-state index contributed by atoms with van der Waals surface area (Å²) in [5.74, 6) is 0.108. The molecule has 0 bridgehead atoms. The van der Waals surface area contributed by atoms with Gasteiger partial charge in [-0.2, -0.15) is 0 Å². The molecule has 1 spiro atoms. The molecule has 4 rings (SSSR count). The Labute approximate surface area is 153 Å². The number of fused-ring (bicyclic) bond motifs is 1. The Kier molecular flexibility index (Phi) is 4.23. The van der Waals surface area contributed by atoms with Gasteiger partial charge in [0.2, 0.25) is 5.91 Å². The molecule has 3 heterocycles. The summed E-state index contributed by atoms with van der Waals surface area (Å²) in [5.41, 5.74) is 1.27. The summed E-state index contributed by atoms with van der Waals surface area (Å²) < 4.78 is 2.01. The molecule has 2 saturated heterocycles. The van der Waals surface area contributed by atoms with Crippen LogP contribution in [0.4, 0.5) is 0 Å². The third kappa shape index (κ3) is 2.60. The minimum absolute atomic E-state index is 0.00533. The third-order valence-electron chi connectivity index (χ3n) is 5.99. The molecule has 0 unspecified atom stereocenters. The highest BCUT2D eigenvalue weighted by atomic mass is 16.3. The predicted molar refractivity (Wildman–Crippen MR) is 98.8 cm³/mol. The molecule has 6 nitrogen and oxygen atoms in total. The van der Waals surface area contributed by atoms with Crippen LogP contribution in [0.25, 0.3) is 10.9 Å². The monoisotopic (exact) mass is 355 g/mol. The van der Waals surface area contributed by atoms with Gasteiger partial charge in [0, 0.05) is 55.9 Å². The van der Waals surface area contributed by atoms with Crippen LogP contribution in [0.5, 0.6) is 0 Å². The maximum atomic E-state index is 13.2. The molecule has 2 aliphatic rings. The lowest BCUT2D eigenvalue weighted by atomic mass is 9.78. The fraction of sp³-hybridized carbons (Fsp3) is 0.500. The number of piperidine rings is 1. The van der Waals surface area contributed by atoms with E-state index in [1.807, 2.05) is 47.0 Å². The first-order chi connectivity index (χ1) is 12.6. The topological polar surface area (TPSA) is 65.8 Å². The molecule has 2 fully saturated rings. The zero-order chi connectivity index (χ0) is 18.3. The van der Waals surface area contributed by atoms with Crippen LogP contribution < -0.4 is 0 Å². The number of hydrogen-bond acceptors (Lipinski definition) is 3. The highest BCUT2D eigenvalue weighted by Gasteiger charge is 2.49. The minimum atomic E-state index is -0.465. The second-order valence-corrected chi connectivity index (χ2v) is 7.54. The van der Waals surface area contributed by atoms with Gasteiger partial charge in [-0.25, -0.2) is 0 Å². The van der Waals surface area contributed by atoms with Gasteiger partial charge in [0.1, 0.15) is 0 Å². The Hall–Kier alpha value is -2.34. The number of carbonyl (C=O) groups excluding carboxylic acids is 2. The number of aromatic nitrogens is 1. The summed E-state index contributed by atoms with van der Waals surface area (Å²) in [6.45, 7) is 2.17. The van der Waals surface area contributed by atoms with E-state index in [0.29, 0.717) is 38.2 Å². The zero-order valence-electron chi connectivity index (χ0n) is 15.1. The Morgan fingerprint density at radius 1 is 1.23 bits per heavy atom. The van der Waals surface area contributed by atoms with E-state index in [1.165, 1.54) is 0 Å². The van der Waals surface area contributed by atoms with Gasteiger partial charge in [0.05, 0.1) is 12.0 Å². The van der Waals surface area contributed by atoms with Gasteiger partial charge in [0.15, 0.2) is 0 Å². The number of rotatable bonds is 3. The van der Waals surface area contributed by atoms with Crippen molar-refractivity contribution in [3.05, 3.63) is 36.0 Å². The van der Waals surface area contributed by atoms with Crippen LogP contribution in [0, 0.1) is 5.41 Å². The Morgan fingerprint density at radius 3 is 2.88 bits per heavy atom. The molecule has 2 aromatic rings. The van der Waals surface area contributed by atoms with E-state index in [1.54, 1.807) is 4.90 Å². The fourth-order valence-electron chi connectivity index (χ4n) is 4.57. The summed E-state index contributed by atoms with van der Waals surface area (Å²) in [7, 11) is 1.97. The van der Waals surface area contributed by atoms with Crippen LogP contribution in [-0.2, 0) is 11.8 Å². The van der Waals surface area contributed by atoms with Crippen molar-refractivity contribution in [2.45, 2.75) is 19.3 Å². The number of aliphatic hydroxyl groups is 1. The van der Waals surface area contributed by atoms with Crippen molar-refractivity contribution < 1.29 is 14.7 Å². The molecule has 1 aromatic carbocycles. The summed E-state index contributed by atoms with van der Waals surface area (Å²) in [4.78, 5) is 29.7. The van der Waals surface area contributed by atoms with Crippen molar-refractivity contribution in [3.8, 4) is 0 Å². The lowest BCUT2D eigenvalue weighted by Crippen LogP contribution is -2.51. The lowest BCUT2D eigenvalue weighted by Gasteiger charge is -2.39. The van der Waals surface area contributed by atoms with Crippen LogP contribution in [0.2, 0.25) is 0 Å². The molecule has 6 heteroatoms. The van der Waals surface area contributed by atoms with Crippen LogP contribution >= 0.6 is 0 Å². The molecule has 2 aliphatic heterocycles. The van der Waals surface area contributed by atoms with Crippen molar-refractivity contribution in [1.82, 2.24) is 14.4 Å². The van der Waals surface area contributed by atoms with Gasteiger partial charge < -0.3 is 19.5 Å². The van der Waals surface area contributed by atoms with Crippen molar-refractivity contribution in [1.29, 1.82) is 0 Å². The standard InChI is InChI=1S/C20H25N3O3/c1-21-10-6-15-16(4-2-5-17(15)21)18(25)23-11-8-20(14-23)7-3-9-22(12-13-24)19(20)26/h2,4-6,10,24H,3,7-9,11-14H2,1H3/t20-/m1/s1. The van der Waals surface area contributed by atoms with E-state index >= 15 is 0 Å². The summed E-state index contributed by atoms with van der Waals surface area (Å²) in [5, 5.41) is 10.2. The predicted octanol–water partition coefficient (Wildman–Crippen LogP) is 1.63. The Morgan fingerprint density at radius 2 is 2.08 bits per heavy atom. The van der Waals surface area contributed by atoms with E-state index in [-0.39, 0.29) is 18.4 Å². The van der Waals surface area contributed by atoms with Crippen LogP contribution in [0.15, 0.2) is 30.5 Å². The maximum Gasteiger partial charge on any atom is 0.254 e. The third-order valence-corrected chi connectivity index (χ3v) is 5.99. The number of benzene rings is 1. The molecule has 138 valence electrons. The van der Waals surface area contributed by atoms with E-state index in [0.717, 1.165) is 23.7 Å². The number of nitrogens with zero attached hydrogens (tertiary/aromatic N) is 3. The molecule has 0 aliphatic carbocycles. The average molecular weight is 355 g/mol. The van der Waals surface area contributed by atoms with Crippen molar-refractivity contribution in [2.24, 2.45) is 12.5 Å². The molecule has 26 heavy (non-hydrogen) atoms. The molecule has 2 amide bonds. The second kappa shape index (κ2) is 6.43. The average Bonchev–Trinajstić information content (AvgIpc) is 3.24. The normalized spacial score (nSPS) is 23.4. The minimum Gasteiger partial charge on any atom is -0.395 e.